The molecule has 0 bridgehead atoms. The van der Waals surface area contributed by atoms with Gasteiger partial charge in [-0.25, -0.2) is 0 Å². The predicted molar refractivity (Wildman–Crippen MR) is 122 cm³/mol. The number of carbonyl (C=O) groups is 1. The van der Waals surface area contributed by atoms with Crippen LogP contribution in [0.4, 0.5) is 5.69 Å². The minimum Gasteiger partial charge on any atom is -0.497 e. The molecule has 1 aliphatic heterocycles. The quantitative estimate of drug-likeness (QED) is 0.698. The molecular formula is C24H33N3O4. The fourth-order valence-corrected chi connectivity index (χ4v) is 3.86. The predicted octanol–water partition coefficient (Wildman–Crippen LogP) is 3.17. The lowest BCUT2D eigenvalue weighted by atomic mass is 10.1. The highest BCUT2D eigenvalue weighted by Gasteiger charge is 2.26. The first-order chi connectivity index (χ1) is 14.9. The summed E-state index contributed by atoms with van der Waals surface area (Å²) in [5.41, 5.74) is 3.17. The molecule has 3 rings (SSSR count). The third kappa shape index (κ3) is 5.68. The minimum atomic E-state index is -0.198. The lowest BCUT2D eigenvalue weighted by Crippen LogP contribution is -2.52. The van der Waals surface area contributed by atoms with Crippen molar-refractivity contribution in [2.45, 2.75) is 26.4 Å². The van der Waals surface area contributed by atoms with E-state index in [4.69, 9.17) is 14.2 Å². The van der Waals surface area contributed by atoms with Crippen molar-refractivity contribution in [1.82, 2.24) is 9.80 Å². The molecule has 0 spiro atoms. The van der Waals surface area contributed by atoms with Crippen LogP contribution in [0.15, 0.2) is 36.4 Å². The third-order valence-electron chi connectivity index (χ3n) is 5.91. The van der Waals surface area contributed by atoms with Gasteiger partial charge in [0.1, 0.15) is 5.75 Å². The maximum absolute atomic E-state index is 12.7. The summed E-state index contributed by atoms with van der Waals surface area (Å²) in [5, 5.41) is 3.00. The molecule has 1 saturated heterocycles. The highest BCUT2D eigenvalue weighted by molar-refractivity contribution is 5.94. The van der Waals surface area contributed by atoms with Crippen LogP contribution in [0.2, 0.25) is 0 Å². The number of piperazine rings is 1. The molecule has 7 nitrogen and oxygen atoms in total. The zero-order valence-corrected chi connectivity index (χ0v) is 19.1. The van der Waals surface area contributed by atoms with Crippen LogP contribution in [0.1, 0.15) is 18.1 Å². The van der Waals surface area contributed by atoms with Gasteiger partial charge in [-0.3, -0.25) is 14.6 Å². The Balaban J connectivity index is 1.54. The zero-order valence-electron chi connectivity index (χ0n) is 19.1. The fourth-order valence-electron chi connectivity index (χ4n) is 3.86. The largest absolute Gasteiger partial charge is 0.497 e. The lowest BCUT2D eigenvalue weighted by Gasteiger charge is -2.37. The molecule has 1 aliphatic rings. The van der Waals surface area contributed by atoms with Crippen molar-refractivity contribution >= 4 is 11.6 Å². The Bertz CT molecular complexity index is 894. The Morgan fingerprint density at radius 3 is 2.32 bits per heavy atom. The molecule has 1 N–H and O–H groups in total. The van der Waals surface area contributed by atoms with Crippen molar-refractivity contribution in [2.24, 2.45) is 0 Å². The van der Waals surface area contributed by atoms with Crippen LogP contribution in [0.3, 0.4) is 0 Å². The van der Waals surface area contributed by atoms with Gasteiger partial charge in [0.25, 0.3) is 0 Å². The SMILES string of the molecule is COc1cccc(NC(=O)[C@H](C)N2CCN(Cc3cc(OC)c(OC)cc3C)CC2)c1. The van der Waals surface area contributed by atoms with E-state index in [0.29, 0.717) is 0 Å². The van der Waals surface area contributed by atoms with Crippen LogP contribution < -0.4 is 19.5 Å². The molecule has 1 atom stereocenters. The number of rotatable bonds is 8. The summed E-state index contributed by atoms with van der Waals surface area (Å²) in [5.74, 6) is 2.23. The summed E-state index contributed by atoms with van der Waals surface area (Å²) in [6, 6.07) is 11.3. The van der Waals surface area contributed by atoms with E-state index in [2.05, 4.69) is 28.1 Å². The maximum atomic E-state index is 12.7. The number of carbonyl (C=O) groups excluding carboxylic acids is 1. The second-order valence-corrected chi connectivity index (χ2v) is 7.84. The van der Waals surface area contributed by atoms with Crippen molar-refractivity contribution in [3.8, 4) is 17.2 Å². The lowest BCUT2D eigenvalue weighted by molar-refractivity contribution is -0.121. The van der Waals surface area contributed by atoms with Gasteiger partial charge in [0.2, 0.25) is 5.91 Å². The van der Waals surface area contributed by atoms with Crippen LogP contribution in [0, 0.1) is 6.92 Å². The van der Waals surface area contributed by atoms with Crippen molar-refractivity contribution in [1.29, 1.82) is 0 Å². The number of anilines is 1. The van der Waals surface area contributed by atoms with E-state index >= 15 is 0 Å². The molecule has 1 fully saturated rings. The molecule has 1 amide bonds. The molecule has 2 aromatic carbocycles. The first-order valence-corrected chi connectivity index (χ1v) is 10.6. The van der Waals surface area contributed by atoms with E-state index in [1.807, 2.05) is 37.3 Å². The number of aryl methyl sites for hydroxylation is 1. The van der Waals surface area contributed by atoms with E-state index in [1.165, 1.54) is 11.1 Å². The number of nitrogens with zero attached hydrogens (tertiary/aromatic N) is 2. The number of methoxy groups -OCH3 is 3. The average Bonchev–Trinajstić information content (AvgIpc) is 2.80. The standard InChI is InChI=1S/C24H33N3O4/c1-17-13-22(30-4)23(31-5)14-19(17)16-26-9-11-27(12-10-26)18(2)24(28)25-20-7-6-8-21(15-20)29-3/h6-8,13-15,18H,9-12,16H2,1-5H3,(H,25,28)/t18-/m0/s1. The van der Waals surface area contributed by atoms with Crippen LogP contribution in [0.25, 0.3) is 0 Å². The molecule has 2 aromatic rings. The fraction of sp³-hybridized carbons (Fsp3) is 0.458. The normalized spacial score (nSPS) is 15.9. The van der Waals surface area contributed by atoms with Crippen molar-refractivity contribution in [2.75, 3.05) is 52.8 Å². The summed E-state index contributed by atoms with van der Waals surface area (Å²) < 4.78 is 16.1. The molecule has 0 saturated carbocycles. The Morgan fingerprint density at radius 1 is 1.00 bits per heavy atom. The van der Waals surface area contributed by atoms with Crippen LogP contribution in [-0.4, -0.2) is 69.3 Å². The molecule has 1 heterocycles. The molecule has 0 aliphatic carbocycles. The van der Waals surface area contributed by atoms with E-state index in [9.17, 15) is 4.79 Å². The Kier molecular flexibility index (Phi) is 7.76. The van der Waals surface area contributed by atoms with Gasteiger partial charge >= 0.3 is 0 Å². The number of ether oxygens (including phenoxy) is 3. The summed E-state index contributed by atoms with van der Waals surface area (Å²) in [6.07, 6.45) is 0. The van der Waals surface area contributed by atoms with Gasteiger partial charge in [-0.2, -0.15) is 0 Å². The molecule has 0 unspecified atom stereocenters. The highest BCUT2D eigenvalue weighted by Crippen LogP contribution is 2.31. The molecule has 31 heavy (non-hydrogen) atoms. The zero-order chi connectivity index (χ0) is 22.4. The Hall–Kier alpha value is -2.77. The van der Waals surface area contributed by atoms with Crippen LogP contribution in [0.5, 0.6) is 17.2 Å². The van der Waals surface area contributed by atoms with Crippen molar-refractivity contribution in [3.63, 3.8) is 0 Å². The first kappa shape index (κ1) is 22.9. The molecule has 168 valence electrons. The van der Waals surface area contributed by atoms with Crippen molar-refractivity contribution in [3.05, 3.63) is 47.5 Å². The van der Waals surface area contributed by atoms with Gasteiger partial charge in [0, 0.05) is 44.5 Å². The average molecular weight is 428 g/mol. The summed E-state index contributed by atoms with van der Waals surface area (Å²) >= 11 is 0. The number of amides is 1. The summed E-state index contributed by atoms with van der Waals surface area (Å²) in [6.45, 7) is 8.42. The Morgan fingerprint density at radius 2 is 1.68 bits per heavy atom. The molecule has 7 heteroatoms. The number of nitrogens with one attached hydrogen (secondary N) is 1. The second-order valence-electron chi connectivity index (χ2n) is 7.84. The van der Waals surface area contributed by atoms with Crippen molar-refractivity contribution < 1.29 is 19.0 Å². The minimum absolute atomic E-state index is 0.00237. The first-order valence-electron chi connectivity index (χ1n) is 10.6. The van der Waals surface area contributed by atoms with Crippen LogP contribution >= 0.6 is 0 Å². The number of hydrogen-bond donors (Lipinski definition) is 1. The van der Waals surface area contributed by atoms with Gasteiger partial charge in [0.05, 0.1) is 27.4 Å². The topological polar surface area (TPSA) is 63.3 Å². The van der Waals surface area contributed by atoms with Gasteiger partial charge in [-0.1, -0.05) is 6.07 Å². The monoisotopic (exact) mass is 427 g/mol. The second kappa shape index (κ2) is 10.5. The maximum Gasteiger partial charge on any atom is 0.241 e. The van der Waals surface area contributed by atoms with E-state index in [1.54, 1.807) is 21.3 Å². The summed E-state index contributed by atoms with van der Waals surface area (Å²) in [7, 11) is 4.93. The third-order valence-corrected chi connectivity index (χ3v) is 5.91. The number of benzene rings is 2. The molecule has 0 aromatic heterocycles. The summed E-state index contributed by atoms with van der Waals surface area (Å²) in [4.78, 5) is 17.4. The van der Waals surface area contributed by atoms with Gasteiger partial charge in [-0.15, -0.1) is 0 Å². The number of hydrogen-bond acceptors (Lipinski definition) is 6. The van der Waals surface area contributed by atoms with Gasteiger partial charge in [0.15, 0.2) is 11.5 Å². The van der Waals surface area contributed by atoms with E-state index in [-0.39, 0.29) is 11.9 Å². The van der Waals surface area contributed by atoms with Gasteiger partial charge < -0.3 is 19.5 Å². The Labute approximate surface area is 184 Å². The van der Waals surface area contributed by atoms with E-state index in [0.717, 1.165) is 55.7 Å². The highest BCUT2D eigenvalue weighted by atomic mass is 16.5. The smallest absolute Gasteiger partial charge is 0.241 e. The molecular weight excluding hydrogens is 394 g/mol. The van der Waals surface area contributed by atoms with Crippen LogP contribution in [-0.2, 0) is 11.3 Å². The van der Waals surface area contributed by atoms with E-state index < -0.39 is 0 Å². The van der Waals surface area contributed by atoms with Gasteiger partial charge in [-0.05, 0) is 49.2 Å². The molecule has 0 radical (unpaired) electrons.